The van der Waals surface area contributed by atoms with Gasteiger partial charge in [-0.05, 0) is 30.2 Å². The zero-order valence-electron chi connectivity index (χ0n) is 13.6. The molecule has 1 saturated heterocycles. The summed E-state index contributed by atoms with van der Waals surface area (Å²) in [5.74, 6) is -0.485. The monoisotopic (exact) mass is 383 g/mol. The summed E-state index contributed by atoms with van der Waals surface area (Å²) in [5.41, 5.74) is 0.987. The third-order valence-corrected chi connectivity index (χ3v) is 5.08. The van der Waals surface area contributed by atoms with Crippen molar-refractivity contribution in [3.05, 3.63) is 48.0 Å². The van der Waals surface area contributed by atoms with Crippen LogP contribution in [0.3, 0.4) is 0 Å². The summed E-state index contributed by atoms with van der Waals surface area (Å²) in [7, 11) is 0. The van der Waals surface area contributed by atoms with Crippen LogP contribution in [0.2, 0.25) is 0 Å². The maximum Gasteiger partial charge on any atom is 0.573 e. The highest BCUT2D eigenvalue weighted by molar-refractivity contribution is 7.99. The Kier molecular flexibility index (Phi) is 5.43. The lowest BCUT2D eigenvalue weighted by Gasteiger charge is -2.19. The molecule has 1 aliphatic heterocycles. The SMILES string of the molecule is O=C1CCCN1c1ccc(Sc2ccccc2CO)c(OC(F)(F)F)c1. The first-order valence-electron chi connectivity index (χ1n) is 7.94. The van der Waals surface area contributed by atoms with E-state index in [4.69, 9.17) is 0 Å². The summed E-state index contributed by atoms with van der Waals surface area (Å²) in [4.78, 5) is 14.2. The molecule has 1 aliphatic rings. The van der Waals surface area contributed by atoms with E-state index in [9.17, 15) is 23.1 Å². The standard InChI is InChI=1S/C18H16F3NO3S/c19-18(20,21)25-14-10-13(22-9-3-6-17(22)24)7-8-16(14)26-15-5-2-1-4-12(15)11-23/h1-2,4-5,7-8,10,23H,3,6,9,11H2. The zero-order valence-corrected chi connectivity index (χ0v) is 14.4. The van der Waals surface area contributed by atoms with Crippen molar-refractivity contribution in [1.82, 2.24) is 0 Å². The first-order valence-corrected chi connectivity index (χ1v) is 8.76. The Labute approximate surface area is 152 Å². The molecule has 0 radical (unpaired) electrons. The average molecular weight is 383 g/mol. The quantitative estimate of drug-likeness (QED) is 0.834. The zero-order chi connectivity index (χ0) is 18.7. The Morgan fingerprint density at radius 1 is 1.15 bits per heavy atom. The number of anilines is 1. The molecule has 0 aliphatic carbocycles. The number of carbonyl (C=O) groups is 1. The minimum atomic E-state index is -4.85. The number of hydrogen-bond acceptors (Lipinski definition) is 4. The van der Waals surface area contributed by atoms with Crippen LogP contribution >= 0.6 is 11.8 Å². The molecule has 0 unspecified atom stereocenters. The number of aliphatic hydroxyl groups excluding tert-OH is 1. The van der Waals surface area contributed by atoms with Gasteiger partial charge in [-0.15, -0.1) is 13.2 Å². The van der Waals surface area contributed by atoms with Crippen molar-refractivity contribution in [1.29, 1.82) is 0 Å². The lowest BCUT2D eigenvalue weighted by atomic mass is 10.2. The van der Waals surface area contributed by atoms with E-state index in [0.717, 1.165) is 11.8 Å². The Balaban J connectivity index is 1.96. The van der Waals surface area contributed by atoms with Crippen LogP contribution in [0.4, 0.5) is 18.9 Å². The summed E-state index contributed by atoms with van der Waals surface area (Å²) in [6, 6.07) is 11.2. The second-order valence-electron chi connectivity index (χ2n) is 5.70. The molecule has 0 bridgehead atoms. The van der Waals surface area contributed by atoms with Gasteiger partial charge in [-0.25, -0.2) is 0 Å². The summed E-state index contributed by atoms with van der Waals surface area (Å²) in [6.45, 7) is 0.253. The predicted octanol–water partition coefficient (Wildman–Crippen LogP) is 4.36. The third kappa shape index (κ3) is 4.31. The van der Waals surface area contributed by atoms with Gasteiger partial charge < -0.3 is 14.7 Å². The Morgan fingerprint density at radius 3 is 2.58 bits per heavy atom. The minimum absolute atomic E-state index is 0.117. The fraction of sp³-hybridized carbons (Fsp3) is 0.278. The number of benzene rings is 2. The smallest absolute Gasteiger partial charge is 0.404 e. The lowest BCUT2D eigenvalue weighted by Crippen LogP contribution is -2.24. The summed E-state index contributed by atoms with van der Waals surface area (Å²) < 4.78 is 42.7. The average Bonchev–Trinajstić information content (AvgIpc) is 3.01. The minimum Gasteiger partial charge on any atom is -0.404 e. The molecular formula is C18H16F3NO3S. The largest absolute Gasteiger partial charge is 0.573 e. The Bertz CT molecular complexity index is 811. The second-order valence-corrected chi connectivity index (χ2v) is 6.78. The molecule has 138 valence electrons. The third-order valence-electron chi connectivity index (χ3n) is 3.90. The molecule has 1 amide bonds. The van der Waals surface area contributed by atoms with Gasteiger partial charge in [0.15, 0.2) is 0 Å². The number of halogens is 3. The normalized spacial score (nSPS) is 14.8. The molecule has 0 atom stereocenters. The number of ether oxygens (including phenoxy) is 1. The van der Waals surface area contributed by atoms with E-state index in [0.29, 0.717) is 35.5 Å². The van der Waals surface area contributed by atoms with Crippen LogP contribution in [-0.2, 0) is 11.4 Å². The van der Waals surface area contributed by atoms with Gasteiger partial charge in [-0.1, -0.05) is 30.0 Å². The molecule has 1 fully saturated rings. The van der Waals surface area contributed by atoms with Gasteiger partial charge in [0.25, 0.3) is 0 Å². The Hall–Kier alpha value is -2.19. The van der Waals surface area contributed by atoms with Crippen molar-refractivity contribution in [3.63, 3.8) is 0 Å². The number of carbonyl (C=O) groups excluding carboxylic acids is 1. The molecule has 8 heteroatoms. The first-order chi connectivity index (χ1) is 12.4. The summed E-state index contributed by atoms with van der Waals surface area (Å²) in [6.07, 6.45) is -3.79. The predicted molar refractivity (Wildman–Crippen MR) is 91.2 cm³/mol. The van der Waals surface area contributed by atoms with E-state index >= 15 is 0 Å². The number of rotatable bonds is 5. The van der Waals surface area contributed by atoms with Crippen LogP contribution in [0.15, 0.2) is 52.3 Å². The van der Waals surface area contributed by atoms with Gasteiger partial charge in [0.05, 0.1) is 11.5 Å². The van der Waals surface area contributed by atoms with Gasteiger partial charge in [0.1, 0.15) is 5.75 Å². The highest BCUT2D eigenvalue weighted by Crippen LogP contribution is 2.41. The van der Waals surface area contributed by atoms with Crippen molar-refractivity contribution in [3.8, 4) is 5.75 Å². The molecule has 2 aromatic carbocycles. The second kappa shape index (κ2) is 7.59. The molecule has 1 N–H and O–H groups in total. The highest BCUT2D eigenvalue weighted by atomic mass is 32.2. The van der Waals surface area contributed by atoms with Gasteiger partial charge in [0, 0.05) is 29.6 Å². The molecule has 0 spiro atoms. The highest BCUT2D eigenvalue weighted by Gasteiger charge is 2.33. The van der Waals surface area contributed by atoms with Crippen LogP contribution in [0.5, 0.6) is 5.75 Å². The molecule has 2 aromatic rings. The van der Waals surface area contributed by atoms with Crippen molar-refractivity contribution in [2.45, 2.75) is 35.6 Å². The molecule has 4 nitrogen and oxygen atoms in total. The topological polar surface area (TPSA) is 49.8 Å². The number of nitrogens with zero attached hydrogens (tertiary/aromatic N) is 1. The van der Waals surface area contributed by atoms with Crippen LogP contribution < -0.4 is 9.64 Å². The van der Waals surface area contributed by atoms with Gasteiger partial charge >= 0.3 is 6.36 Å². The van der Waals surface area contributed by atoms with E-state index in [2.05, 4.69) is 4.74 Å². The molecule has 3 rings (SSSR count). The molecule has 0 aromatic heterocycles. The fourth-order valence-electron chi connectivity index (χ4n) is 2.73. The first kappa shape index (κ1) is 18.6. The maximum atomic E-state index is 12.8. The van der Waals surface area contributed by atoms with Gasteiger partial charge in [-0.2, -0.15) is 0 Å². The van der Waals surface area contributed by atoms with Gasteiger partial charge in [0.2, 0.25) is 5.91 Å². The van der Waals surface area contributed by atoms with E-state index in [-0.39, 0.29) is 23.2 Å². The number of alkyl halides is 3. The van der Waals surface area contributed by atoms with Crippen LogP contribution in [0.25, 0.3) is 0 Å². The summed E-state index contributed by atoms with van der Waals surface area (Å²) in [5, 5.41) is 9.40. The van der Waals surface area contributed by atoms with E-state index in [1.165, 1.54) is 17.0 Å². The van der Waals surface area contributed by atoms with Crippen LogP contribution in [0, 0.1) is 0 Å². The van der Waals surface area contributed by atoms with Crippen molar-refractivity contribution < 1.29 is 27.8 Å². The van der Waals surface area contributed by atoms with Crippen molar-refractivity contribution >= 4 is 23.4 Å². The molecule has 1 heterocycles. The van der Waals surface area contributed by atoms with Gasteiger partial charge in [-0.3, -0.25) is 4.79 Å². The van der Waals surface area contributed by atoms with E-state index in [1.807, 2.05) is 0 Å². The number of aliphatic hydroxyl groups is 1. The van der Waals surface area contributed by atoms with E-state index < -0.39 is 6.36 Å². The Morgan fingerprint density at radius 2 is 1.92 bits per heavy atom. The molecule has 0 saturated carbocycles. The fourth-order valence-corrected chi connectivity index (χ4v) is 3.71. The summed E-state index contributed by atoms with van der Waals surface area (Å²) >= 11 is 1.07. The molecular weight excluding hydrogens is 367 g/mol. The van der Waals surface area contributed by atoms with Crippen molar-refractivity contribution in [2.75, 3.05) is 11.4 Å². The van der Waals surface area contributed by atoms with Crippen LogP contribution in [-0.4, -0.2) is 23.9 Å². The lowest BCUT2D eigenvalue weighted by molar-refractivity contribution is -0.275. The van der Waals surface area contributed by atoms with Crippen LogP contribution in [0.1, 0.15) is 18.4 Å². The van der Waals surface area contributed by atoms with E-state index in [1.54, 1.807) is 30.3 Å². The number of amides is 1. The maximum absolute atomic E-state index is 12.8. The molecule has 26 heavy (non-hydrogen) atoms. The van der Waals surface area contributed by atoms with Crippen molar-refractivity contribution in [2.24, 2.45) is 0 Å². The number of hydrogen-bond donors (Lipinski definition) is 1.